The third-order valence-electron chi connectivity index (χ3n) is 6.01. The average molecular weight is 462 g/mol. The number of benzene rings is 1. The van der Waals surface area contributed by atoms with Gasteiger partial charge in [0, 0.05) is 10.6 Å². The van der Waals surface area contributed by atoms with Crippen molar-refractivity contribution in [3.8, 4) is 0 Å². The van der Waals surface area contributed by atoms with Gasteiger partial charge < -0.3 is 25.4 Å². The van der Waals surface area contributed by atoms with Gasteiger partial charge in [0.15, 0.2) is 23.2 Å². The molecule has 0 radical (unpaired) electrons. The summed E-state index contributed by atoms with van der Waals surface area (Å²) >= 11 is 1.22. The fourth-order valence-electron chi connectivity index (χ4n) is 4.26. The minimum atomic E-state index is -1.21. The number of aromatic nitrogens is 4. The zero-order valence-electron chi connectivity index (χ0n) is 17.1. The second-order valence-corrected chi connectivity index (χ2v) is 9.14. The van der Waals surface area contributed by atoms with Crippen LogP contribution < -0.4 is 5.32 Å². The number of nitrogens with one attached hydrogen (secondary N) is 1. The van der Waals surface area contributed by atoms with E-state index in [0.717, 1.165) is 19.3 Å². The van der Waals surface area contributed by atoms with Crippen LogP contribution >= 0.6 is 11.8 Å². The first-order chi connectivity index (χ1) is 15.5. The molecule has 1 aromatic carbocycles. The quantitative estimate of drug-likeness (QED) is 0.406. The van der Waals surface area contributed by atoms with Crippen LogP contribution in [0.25, 0.3) is 11.2 Å². The molecule has 170 valence electrons. The summed E-state index contributed by atoms with van der Waals surface area (Å²) in [6.07, 6.45) is 0.990. The fraction of sp³-hybridized carbons (Fsp3) is 0.476. The van der Waals surface area contributed by atoms with Crippen LogP contribution in [-0.4, -0.2) is 71.0 Å². The molecular weight excluding hydrogens is 437 g/mol. The number of imidazole rings is 1. The fourth-order valence-corrected chi connectivity index (χ4v) is 5.26. The molecular formula is C21H24FN5O4S. The summed E-state index contributed by atoms with van der Waals surface area (Å²) in [7, 11) is 0. The van der Waals surface area contributed by atoms with Crippen LogP contribution in [0, 0.1) is 5.82 Å². The molecule has 3 aromatic rings. The Hall–Kier alpha value is -2.31. The Bertz CT molecular complexity index is 1100. The van der Waals surface area contributed by atoms with Gasteiger partial charge in [-0.1, -0.05) is 12.1 Å². The number of hydrogen-bond acceptors (Lipinski definition) is 9. The van der Waals surface area contributed by atoms with Crippen LogP contribution in [0.4, 0.5) is 10.2 Å². The Morgan fingerprint density at radius 2 is 1.97 bits per heavy atom. The number of thioether (sulfide) groups is 1. The minimum absolute atomic E-state index is 0.104. The topological polar surface area (TPSA) is 126 Å². The first-order valence-corrected chi connectivity index (χ1v) is 11.5. The number of hydrogen-bond donors (Lipinski definition) is 4. The summed E-state index contributed by atoms with van der Waals surface area (Å²) in [5, 5.41) is 34.5. The van der Waals surface area contributed by atoms with Crippen molar-refractivity contribution in [2.45, 2.75) is 60.8 Å². The monoisotopic (exact) mass is 461 g/mol. The van der Waals surface area contributed by atoms with Crippen molar-refractivity contribution in [2.75, 3.05) is 11.1 Å². The third kappa shape index (κ3) is 3.95. The van der Waals surface area contributed by atoms with Crippen LogP contribution in [0.15, 0.2) is 41.8 Å². The molecule has 0 spiro atoms. The van der Waals surface area contributed by atoms with Gasteiger partial charge in [-0.3, -0.25) is 4.57 Å². The number of ether oxygens (including phenoxy) is 1. The zero-order valence-corrected chi connectivity index (χ0v) is 17.9. The Morgan fingerprint density at radius 1 is 1.12 bits per heavy atom. The predicted molar refractivity (Wildman–Crippen MR) is 116 cm³/mol. The van der Waals surface area contributed by atoms with Crippen LogP contribution in [0.3, 0.4) is 0 Å². The number of nitrogens with zero attached hydrogens (tertiary/aromatic N) is 4. The molecule has 2 unspecified atom stereocenters. The van der Waals surface area contributed by atoms with Crippen LogP contribution in [-0.2, 0) is 4.74 Å². The van der Waals surface area contributed by atoms with Gasteiger partial charge in [-0.2, -0.15) is 0 Å². The van der Waals surface area contributed by atoms with Crippen molar-refractivity contribution in [3.63, 3.8) is 0 Å². The van der Waals surface area contributed by atoms with Gasteiger partial charge in [0.25, 0.3) is 0 Å². The Labute approximate surface area is 187 Å². The van der Waals surface area contributed by atoms with E-state index in [1.54, 1.807) is 22.8 Å². The number of rotatable bonds is 6. The van der Waals surface area contributed by atoms with E-state index in [0.29, 0.717) is 21.9 Å². The average Bonchev–Trinajstić information content (AvgIpc) is 3.47. The molecule has 5 rings (SSSR count). The van der Waals surface area contributed by atoms with E-state index >= 15 is 0 Å². The predicted octanol–water partition coefficient (Wildman–Crippen LogP) is 1.70. The Balaban J connectivity index is 1.34. The maximum atomic E-state index is 13.9. The lowest BCUT2D eigenvalue weighted by molar-refractivity contribution is -0.0289. The number of aliphatic hydroxyl groups is 3. The van der Waals surface area contributed by atoms with Crippen molar-refractivity contribution in [2.24, 2.45) is 0 Å². The molecule has 0 amide bonds. The number of anilines is 1. The van der Waals surface area contributed by atoms with Gasteiger partial charge in [0.1, 0.15) is 24.4 Å². The smallest absolute Gasteiger partial charge is 0.167 e. The third-order valence-corrected chi connectivity index (χ3v) is 7.15. The van der Waals surface area contributed by atoms with E-state index in [4.69, 9.17) is 4.74 Å². The summed E-state index contributed by atoms with van der Waals surface area (Å²) in [6.45, 7) is 0. The Morgan fingerprint density at radius 3 is 2.75 bits per heavy atom. The van der Waals surface area contributed by atoms with Crippen molar-refractivity contribution < 1.29 is 24.4 Å². The van der Waals surface area contributed by atoms with Gasteiger partial charge in [-0.15, -0.1) is 11.8 Å². The van der Waals surface area contributed by atoms with Gasteiger partial charge in [-0.05, 0) is 31.4 Å². The van der Waals surface area contributed by atoms with Crippen molar-refractivity contribution in [1.29, 1.82) is 0 Å². The van der Waals surface area contributed by atoms with Gasteiger partial charge in [0.2, 0.25) is 0 Å². The SMILES string of the molecule is OC1C(O)[C@@H](CSc2ccccc2F)O[C@H]1n1cnc2c(N[C@@H]3CCC[C@H]3O)ncnc21. The lowest BCUT2D eigenvalue weighted by Crippen LogP contribution is -2.32. The molecule has 0 bridgehead atoms. The first-order valence-electron chi connectivity index (χ1n) is 10.5. The van der Waals surface area contributed by atoms with Gasteiger partial charge >= 0.3 is 0 Å². The van der Waals surface area contributed by atoms with Crippen molar-refractivity contribution in [1.82, 2.24) is 19.5 Å². The molecule has 32 heavy (non-hydrogen) atoms. The van der Waals surface area contributed by atoms with Gasteiger partial charge in [-0.25, -0.2) is 19.3 Å². The van der Waals surface area contributed by atoms with E-state index in [2.05, 4.69) is 20.3 Å². The molecule has 9 nitrogen and oxygen atoms in total. The lowest BCUT2D eigenvalue weighted by atomic mass is 10.1. The zero-order chi connectivity index (χ0) is 22.2. The lowest BCUT2D eigenvalue weighted by Gasteiger charge is -2.18. The highest BCUT2D eigenvalue weighted by Gasteiger charge is 2.44. The summed E-state index contributed by atoms with van der Waals surface area (Å²) in [5.41, 5.74) is 0.926. The standard InChI is InChI=1S/C21H24FN5O4S/c22-11-4-1-2-7-15(11)32-8-14-17(29)18(30)21(31-14)27-10-25-16-19(23-9-24-20(16)27)26-12-5-3-6-13(12)28/h1-2,4,7,9-10,12-14,17-18,21,28-30H,3,5-6,8H2,(H,23,24,26)/t12-,13-,14-,17?,18?,21-/m1/s1. The number of aliphatic hydroxyl groups excluding tert-OH is 3. The maximum Gasteiger partial charge on any atom is 0.167 e. The summed E-state index contributed by atoms with van der Waals surface area (Å²) in [5.74, 6) is 0.426. The molecule has 1 aliphatic carbocycles. The molecule has 1 saturated carbocycles. The molecule has 3 heterocycles. The maximum absolute atomic E-state index is 13.9. The van der Waals surface area contributed by atoms with Crippen LogP contribution in [0.5, 0.6) is 0 Å². The summed E-state index contributed by atoms with van der Waals surface area (Å²) in [6, 6.07) is 6.28. The highest BCUT2D eigenvalue weighted by molar-refractivity contribution is 7.99. The second kappa shape index (κ2) is 8.91. The highest BCUT2D eigenvalue weighted by Crippen LogP contribution is 2.35. The summed E-state index contributed by atoms with van der Waals surface area (Å²) < 4.78 is 21.4. The van der Waals surface area contributed by atoms with E-state index in [9.17, 15) is 19.7 Å². The molecule has 6 atom stereocenters. The normalized spacial score (nSPS) is 30.2. The second-order valence-electron chi connectivity index (χ2n) is 8.08. The minimum Gasteiger partial charge on any atom is -0.391 e. The molecule has 11 heteroatoms. The number of halogens is 1. The van der Waals surface area contributed by atoms with Crippen molar-refractivity contribution in [3.05, 3.63) is 42.7 Å². The Kier molecular flexibility index (Phi) is 5.99. The van der Waals surface area contributed by atoms with Crippen LogP contribution in [0.1, 0.15) is 25.5 Å². The van der Waals surface area contributed by atoms with Gasteiger partial charge in [0.05, 0.1) is 24.6 Å². The number of fused-ring (bicyclic) bond motifs is 1. The largest absolute Gasteiger partial charge is 0.391 e. The van der Waals surface area contributed by atoms with E-state index in [-0.39, 0.29) is 17.6 Å². The molecule has 1 saturated heterocycles. The first kappa shape index (κ1) is 21.5. The molecule has 1 aliphatic heterocycles. The molecule has 2 aliphatic rings. The summed E-state index contributed by atoms with van der Waals surface area (Å²) in [4.78, 5) is 13.4. The van der Waals surface area contributed by atoms with Crippen molar-refractivity contribution >= 4 is 28.7 Å². The van der Waals surface area contributed by atoms with E-state index in [1.165, 1.54) is 30.5 Å². The highest BCUT2D eigenvalue weighted by atomic mass is 32.2. The van der Waals surface area contributed by atoms with Crippen LogP contribution in [0.2, 0.25) is 0 Å². The molecule has 2 aromatic heterocycles. The van der Waals surface area contributed by atoms with E-state index in [1.807, 2.05) is 0 Å². The molecule has 2 fully saturated rings. The van der Waals surface area contributed by atoms with E-state index < -0.39 is 30.6 Å². The molecule has 4 N–H and O–H groups in total.